The third kappa shape index (κ3) is 8.03. The zero-order valence-corrected chi connectivity index (χ0v) is 19.7. The Morgan fingerprint density at radius 1 is 1.32 bits per heavy atom. The van der Waals surface area contributed by atoms with Crippen molar-refractivity contribution in [1.82, 2.24) is 25.5 Å². The van der Waals surface area contributed by atoms with Gasteiger partial charge in [0, 0.05) is 37.0 Å². The summed E-state index contributed by atoms with van der Waals surface area (Å²) in [5.41, 5.74) is 1.66. The number of ether oxygens (including phenoxy) is 2. The van der Waals surface area contributed by atoms with Crippen LogP contribution in [-0.4, -0.2) is 77.3 Å². The summed E-state index contributed by atoms with van der Waals surface area (Å²) >= 11 is 0. The van der Waals surface area contributed by atoms with Crippen LogP contribution in [0.2, 0.25) is 0 Å². The van der Waals surface area contributed by atoms with Gasteiger partial charge in [0.1, 0.15) is 0 Å². The number of H-pyrrole nitrogens is 1. The predicted molar refractivity (Wildman–Crippen MR) is 127 cm³/mol. The van der Waals surface area contributed by atoms with Gasteiger partial charge in [0.05, 0.1) is 45.3 Å². The van der Waals surface area contributed by atoms with Gasteiger partial charge in [-0.2, -0.15) is 0 Å². The molecule has 4 N–H and O–H groups in total. The molecule has 0 aliphatic carbocycles. The Labute approximate surface area is 200 Å². The Bertz CT molecular complexity index is 905. The van der Waals surface area contributed by atoms with Gasteiger partial charge in [-0.05, 0) is 32.3 Å². The van der Waals surface area contributed by atoms with E-state index in [2.05, 4.69) is 20.6 Å². The zero-order chi connectivity index (χ0) is 24.2. The van der Waals surface area contributed by atoms with Gasteiger partial charge in [-0.1, -0.05) is 12.1 Å². The molecule has 1 aromatic heterocycles. The third-order valence-electron chi connectivity index (χ3n) is 5.49. The van der Waals surface area contributed by atoms with Gasteiger partial charge in [-0.25, -0.2) is 4.98 Å². The topological polar surface area (TPSA) is 129 Å². The summed E-state index contributed by atoms with van der Waals surface area (Å²) in [5, 5.41) is 15.5. The maximum absolute atomic E-state index is 12.8. The Hall–Kier alpha value is -3.11. The molecule has 1 aliphatic rings. The molecular weight excluding hydrogens is 438 g/mol. The van der Waals surface area contributed by atoms with Crippen molar-refractivity contribution in [2.45, 2.75) is 45.2 Å². The van der Waals surface area contributed by atoms with Crippen molar-refractivity contribution in [3.05, 3.63) is 42.0 Å². The van der Waals surface area contributed by atoms with E-state index in [0.717, 1.165) is 30.5 Å². The van der Waals surface area contributed by atoms with Crippen molar-refractivity contribution >= 4 is 11.8 Å². The molecule has 0 saturated carbocycles. The monoisotopic (exact) mass is 473 g/mol. The number of carbonyl (C=O) groups is 2. The first-order chi connectivity index (χ1) is 16.6. The predicted octanol–water partition coefficient (Wildman–Crippen LogP) is 1.01. The first-order valence-corrected chi connectivity index (χ1v) is 11.8. The van der Waals surface area contributed by atoms with Gasteiger partial charge in [-0.15, -0.1) is 0 Å². The number of para-hydroxylation sites is 1. The van der Waals surface area contributed by atoms with Gasteiger partial charge in [-0.3, -0.25) is 14.5 Å². The molecule has 186 valence electrons. The van der Waals surface area contributed by atoms with Gasteiger partial charge in [0.2, 0.25) is 11.8 Å². The standard InChI is InChI=1S/C24H35N5O5/c1-2-33-21-8-6-7-18-13-29(14-22(31)26-9-4-3-5-10-34-24(18)21)15-23(32)28-20(16-30)11-19-12-25-17-27-19/h6-8,12,17,20,30H,2-5,9-11,13-16H2,1H3,(H,25,27)(H,26,31)(H,28,32)/t20-/m0/s1. The lowest BCUT2D eigenvalue weighted by molar-refractivity contribution is -0.125. The summed E-state index contributed by atoms with van der Waals surface area (Å²) in [4.78, 5) is 34.1. The molecule has 2 heterocycles. The van der Waals surface area contributed by atoms with Crippen LogP contribution in [0.15, 0.2) is 30.7 Å². The fourth-order valence-electron chi connectivity index (χ4n) is 3.89. The molecule has 0 bridgehead atoms. The largest absolute Gasteiger partial charge is 0.490 e. The lowest BCUT2D eigenvalue weighted by Gasteiger charge is -2.24. The quantitative estimate of drug-likeness (QED) is 0.450. The number of nitrogens with one attached hydrogen (secondary N) is 3. The number of rotatable bonds is 8. The molecule has 0 saturated heterocycles. The fraction of sp³-hybridized carbons (Fsp3) is 0.542. The number of hydrogen-bond donors (Lipinski definition) is 4. The number of aliphatic hydroxyl groups excluding tert-OH is 1. The number of fused-ring (bicyclic) bond motifs is 1. The summed E-state index contributed by atoms with van der Waals surface area (Å²) in [5.74, 6) is 0.899. The van der Waals surface area contributed by atoms with E-state index < -0.39 is 6.04 Å². The number of aromatic amines is 1. The number of amides is 2. The summed E-state index contributed by atoms with van der Waals surface area (Å²) in [6.07, 6.45) is 6.32. The van der Waals surface area contributed by atoms with Crippen LogP contribution in [0.1, 0.15) is 37.4 Å². The van der Waals surface area contributed by atoms with E-state index >= 15 is 0 Å². The average molecular weight is 474 g/mol. The van der Waals surface area contributed by atoms with Crippen LogP contribution in [0, 0.1) is 0 Å². The molecule has 0 fully saturated rings. The van der Waals surface area contributed by atoms with Crippen LogP contribution in [0.4, 0.5) is 0 Å². The molecule has 34 heavy (non-hydrogen) atoms. The summed E-state index contributed by atoms with van der Waals surface area (Å²) in [6.45, 7) is 3.75. The third-order valence-corrected chi connectivity index (χ3v) is 5.49. The first-order valence-electron chi connectivity index (χ1n) is 11.8. The van der Waals surface area contributed by atoms with Crippen molar-refractivity contribution in [2.75, 3.05) is 39.5 Å². The highest BCUT2D eigenvalue weighted by Crippen LogP contribution is 2.32. The van der Waals surface area contributed by atoms with Crippen molar-refractivity contribution in [2.24, 2.45) is 0 Å². The normalized spacial score (nSPS) is 16.6. The van der Waals surface area contributed by atoms with Crippen molar-refractivity contribution in [3.8, 4) is 11.5 Å². The fourth-order valence-corrected chi connectivity index (χ4v) is 3.89. The van der Waals surface area contributed by atoms with E-state index in [-0.39, 0.29) is 31.5 Å². The van der Waals surface area contributed by atoms with E-state index in [1.54, 1.807) is 17.4 Å². The minimum absolute atomic E-state index is 0.00873. The summed E-state index contributed by atoms with van der Waals surface area (Å²) in [6, 6.07) is 5.22. The van der Waals surface area contributed by atoms with Gasteiger partial charge < -0.3 is 30.2 Å². The highest BCUT2D eigenvalue weighted by atomic mass is 16.5. The van der Waals surface area contributed by atoms with Crippen LogP contribution in [0.5, 0.6) is 11.5 Å². The van der Waals surface area contributed by atoms with Gasteiger partial charge in [0.15, 0.2) is 11.5 Å². The summed E-state index contributed by atoms with van der Waals surface area (Å²) < 4.78 is 11.9. The zero-order valence-electron chi connectivity index (χ0n) is 19.7. The van der Waals surface area contributed by atoms with Crippen molar-refractivity contribution in [1.29, 1.82) is 0 Å². The van der Waals surface area contributed by atoms with Gasteiger partial charge in [0.25, 0.3) is 0 Å². The lowest BCUT2D eigenvalue weighted by atomic mass is 10.1. The molecular formula is C24H35N5O5. The molecule has 1 aromatic carbocycles. The van der Waals surface area contributed by atoms with Crippen LogP contribution in [0.3, 0.4) is 0 Å². The van der Waals surface area contributed by atoms with Gasteiger partial charge >= 0.3 is 0 Å². The molecule has 1 atom stereocenters. The number of benzene rings is 1. The van der Waals surface area contributed by atoms with E-state index in [1.807, 2.05) is 25.1 Å². The second kappa shape index (κ2) is 13.6. The molecule has 0 spiro atoms. The smallest absolute Gasteiger partial charge is 0.234 e. The van der Waals surface area contributed by atoms with Crippen LogP contribution in [0.25, 0.3) is 0 Å². The van der Waals surface area contributed by atoms with Crippen molar-refractivity contribution < 1.29 is 24.2 Å². The minimum atomic E-state index is -0.460. The highest BCUT2D eigenvalue weighted by molar-refractivity contribution is 5.81. The number of aromatic nitrogens is 2. The molecule has 2 amide bonds. The number of imidazole rings is 1. The molecule has 2 aromatic rings. The van der Waals surface area contributed by atoms with Crippen LogP contribution >= 0.6 is 0 Å². The molecule has 10 nitrogen and oxygen atoms in total. The van der Waals surface area contributed by atoms with E-state index in [1.165, 1.54) is 0 Å². The Balaban J connectivity index is 1.75. The summed E-state index contributed by atoms with van der Waals surface area (Å²) in [7, 11) is 0. The van der Waals surface area contributed by atoms with Crippen LogP contribution < -0.4 is 20.1 Å². The number of carbonyl (C=O) groups excluding carboxylic acids is 2. The van der Waals surface area contributed by atoms with E-state index in [4.69, 9.17) is 9.47 Å². The lowest BCUT2D eigenvalue weighted by Crippen LogP contribution is -2.46. The highest BCUT2D eigenvalue weighted by Gasteiger charge is 2.21. The number of aliphatic hydroxyl groups is 1. The second-order valence-corrected chi connectivity index (χ2v) is 8.31. The van der Waals surface area contributed by atoms with Crippen LogP contribution in [-0.2, 0) is 22.6 Å². The average Bonchev–Trinajstić information content (AvgIpc) is 3.32. The molecule has 0 unspecified atom stereocenters. The Morgan fingerprint density at radius 3 is 2.97 bits per heavy atom. The Kier molecular flexibility index (Phi) is 10.2. The maximum atomic E-state index is 12.8. The number of hydrogen-bond acceptors (Lipinski definition) is 7. The molecule has 3 rings (SSSR count). The van der Waals surface area contributed by atoms with E-state index in [9.17, 15) is 14.7 Å². The maximum Gasteiger partial charge on any atom is 0.234 e. The Morgan fingerprint density at radius 2 is 2.21 bits per heavy atom. The molecule has 1 aliphatic heterocycles. The molecule has 0 radical (unpaired) electrons. The van der Waals surface area contributed by atoms with Crippen molar-refractivity contribution in [3.63, 3.8) is 0 Å². The number of nitrogens with zero attached hydrogens (tertiary/aromatic N) is 2. The van der Waals surface area contributed by atoms with E-state index in [0.29, 0.717) is 44.2 Å². The SMILES string of the molecule is CCOc1cccc2c1OCCCCCNC(=O)CN(CC(=O)N[C@H](CO)Cc1cnc[nH]1)C2. The minimum Gasteiger partial charge on any atom is -0.490 e. The second-order valence-electron chi connectivity index (χ2n) is 8.31. The first kappa shape index (κ1) is 25.5. The molecule has 10 heteroatoms.